The molecule has 3 atom stereocenters. The van der Waals surface area contributed by atoms with Gasteiger partial charge in [-0.15, -0.1) is 0 Å². The van der Waals surface area contributed by atoms with E-state index in [1.807, 2.05) is 0 Å². The van der Waals surface area contributed by atoms with Gasteiger partial charge in [0.05, 0.1) is 0 Å². The van der Waals surface area contributed by atoms with Crippen molar-refractivity contribution in [3.63, 3.8) is 0 Å². The second-order valence-corrected chi connectivity index (χ2v) is 6.62. The first-order valence-electron chi connectivity index (χ1n) is 7.22. The standard InChI is InChI=1S/C14H26N2/c1-10(2)8-16(13-4-5-13)9-11-7-12-3-6-14(11)15-12/h10-15H,3-9H2,1-2H3. The summed E-state index contributed by atoms with van der Waals surface area (Å²) in [7, 11) is 0. The van der Waals surface area contributed by atoms with Crippen LogP contribution >= 0.6 is 0 Å². The van der Waals surface area contributed by atoms with Crippen molar-refractivity contribution in [1.82, 2.24) is 10.2 Å². The van der Waals surface area contributed by atoms with E-state index in [1.165, 1.54) is 45.2 Å². The van der Waals surface area contributed by atoms with E-state index in [-0.39, 0.29) is 0 Å². The Bertz CT molecular complexity index is 247. The van der Waals surface area contributed by atoms with Crippen molar-refractivity contribution in [2.75, 3.05) is 13.1 Å². The molecule has 92 valence electrons. The highest BCUT2D eigenvalue weighted by Crippen LogP contribution is 2.36. The number of hydrogen-bond donors (Lipinski definition) is 1. The van der Waals surface area contributed by atoms with Crippen molar-refractivity contribution in [2.45, 2.75) is 64.1 Å². The Morgan fingerprint density at radius 3 is 2.50 bits per heavy atom. The normalized spacial score (nSPS) is 37.9. The monoisotopic (exact) mass is 222 g/mol. The molecule has 1 saturated carbocycles. The molecule has 0 aromatic rings. The number of hydrogen-bond acceptors (Lipinski definition) is 2. The minimum absolute atomic E-state index is 0.826. The molecule has 2 bridgehead atoms. The Morgan fingerprint density at radius 2 is 2.00 bits per heavy atom. The minimum atomic E-state index is 0.826. The summed E-state index contributed by atoms with van der Waals surface area (Å²) in [5, 5.41) is 3.77. The van der Waals surface area contributed by atoms with Crippen LogP contribution in [0.4, 0.5) is 0 Å². The average Bonchev–Trinajstić information content (AvgIpc) is 2.88. The number of fused-ring (bicyclic) bond motifs is 2. The molecule has 2 aliphatic heterocycles. The molecule has 2 heteroatoms. The maximum Gasteiger partial charge on any atom is 0.0111 e. The van der Waals surface area contributed by atoms with Gasteiger partial charge >= 0.3 is 0 Å². The summed E-state index contributed by atoms with van der Waals surface area (Å²) in [6.07, 6.45) is 7.25. The summed E-state index contributed by atoms with van der Waals surface area (Å²) in [6.45, 7) is 7.40. The highest BCUT2D eigenvalue weighted by molar-refractivity contribution is 4.99. The summed E-state index contributed by atoms with van der Waals surface area (Å²) in [5.41, 5.74) is 0. The van der Waals surface area contributed by atoms with Crippen LogP contribution in [0.5, 0.6) is 0 Å². The lowest BCUT2D eigenvalue weighted by Gasteiger charge is -2.30. The van der Waals surface area contributed by atoms with Crippen molar-refractivity contribution >= 4 is 0 Å². The van der Waals surface area contributed by atoms with Gasteiger partial charge in [0.2, 0.25) is 0 Å². The smallest absolute Gasteiger partial charge is 0.0111 e. The third-order valence-corrected chi connectivity index (χ3v) is 4.56. The third kappa shape index (κ3) is 2.28. The number of nitrogens with one attached hydrogen (secondary N) is 1. The molecular formula is C14H26N2. The van der Waals surface area contributed by atoms with Crippen molar-refractivity contribution in [3.05, 3.63) is 0 Å². The van der Waals surface area contributed by atoms with E-state index in [0.717, 1.165) is 30.0 Å². The van der Waals surface area contributed by atoms with Gasteiger partial charge < -0.3 is 5.32 Å². The molecule has 0 aromatic carbocycles. The first-order chi connectivity index (χ1) is 7.72. The van der Waals surface area contributed by atoms with E-state index < -0.39 is 0 Å². The van der Waals surface area contributed by atoms with Crippen LogP contribution in [0.3, 0.4) is 0 Å². The second-order valence-electron chi connectivity index (χ2n) is 6.62. The Labute approximate surface area is 99.8 Å². The van der Waals surface area contributed by atoms with Gasteiger partial charge in [-0.2, -0.15) is 0 Å². The van der Waals surface area contributed by atoms with Crippen molar-refractivity contribution in [1.29, 1.82) is 0 Å². The zero-order chi connectivity index (χ0) is 11.1. The van der Waals surface area contributed by atoms with Gasteiger partial charge in [-0.3, -0.25) is 4.90 Å². The molecule has 3 rings (SSSR count). The van der Waals surface area contributed by atoms with E-state index in [4.69, 9.17) is 0 Å². The quantitative estimate of drug-likeness (QED) is 0.767. The van der Waals surface area contributed by atoms with Gasteiger partial charge in [0.1, 0.15) is 0 Å². The van der Waals surface area contributed by atoms with Crippen molar-refractivity contribution < 1.29 is 0 Å². The van der Waals surface area contributed by atoms with Gasteiger partial charge in [-0.25, -0.2) is 0 Å². The molecule has 3 unspecified atom stereocenters. The number of rotatable bonds is 5. The fourth-order valence-electron chi connectivity index (χ4n) is 3.72. The molecule has 1 aliphatic carbocycles. The lowest BCUT2D eigenvalue weighted by atomic mass is 9.88. The lowest BCUT2D eigenvalue weighted by molar-refractivity contribution is 0.184. The van der Waals surface area contributed by atoms with E-state index >= 15 is 0 Å². The molecule has 2 heterocycles. The predicted octanol–water partition coefficient (Wildman–Crippen LogP) is 2.25. The largest absolute Gasteiger partial charge is 0.311 e. The molecule has 0 amide bonds. The van der Waals surface area contributed by atoms with Crippen LogP contribution in [-0.2, 0) is 0 Å². The van der Waals surface area contributed by atoms with Crippen LogP contribution in [0.15, 0.2) is 0 Å². The fourth-order valence-corrected chi connectivity index (χ4v) is 3.72. The van der Waals surface area contributed by atoms with E-state index in [9.17, 15) is 0 Å². The van der Waals surface area contributed by atoms with Crippen LogP contribution in [0.1, 0.15) is 46.0 Å². The van der Waals surface area contributed by atoms with Crippen LogP contribution in [0.2, 0.25) is 0 Å². The third-order valence-electron chi connectivity index (χ3n) is 4.56. The van der Waals surface area contributed by atoms with Gasteiger partial charge in [-0.1, -0.05) is 13.8 Å². The first-order valence-corrected chi connectivity index (χ1v) is 7.22. The first kappa shape index (κ1) is 11.0. The van der Waals surface area contributed by atoms with Crippen LogP contribution in [-0.4, -0.2) is 36.1 Å². The van der Waals surface area contributed by atoms with Gasteiger partial charge in [0.15, 0.2) is 0 Å². The summed E-state index contributed by atoms with van der Waals surface area (Å²) in [4.78, 5) is 2.79. The maximum atomic E-state index is 3.77. The summed E-state index contributed by atoms with van der Waals surface area (Å²) < 4.78 is 0. The second kappa shape index (κ2) is 4.30. The number of nitrogens with zero attached hydrogens (tertiary/aromatic N) is 1. The molecule has 16 heavy (non-hydrogen) atoms. The van der Waals surface area contributed by atoms with Crippen molar-refractivity contribution in [3.8, 4) is 0 Å². The highest BCUT2D eigenvalue weighted by Gasteiger charge is 2.41. The summed E-state index contributed by atoms with van der Waals surface area (Å²) >= 11 is 0. The zero-order valence-corrected chi connectivity index (χ0v) is 10.8. The molecule has 2 saturated heterocycles. The Kier molecular flexibility index (Phi) is 2.97. The van der Waals surface area contributed by atoms with Crippen molar-refractivity contribution in [2.24, 2.45) is 11.8 Å². The highest BCUT2D eigenvalue weighted by atomic mass is 15.2. The van der Waals surface area contributed by atoms with Crippen LogP contribution < -0.4 is 5.32 Å². The Balaban J connectivity index is 1.55. The molecular weight excluding hydrogens is 196 g/mol. The maximum absolute atomic E-state index is 3.77. The van der Waals surface area contributed by atoms with E-state index in [1.54, 1.807) is 0 Å². The molecule has 0 aromatic heterocycles. The zero-order valence-electron chi connectivity index (χ0n) is 10.8. The van der Waals surface area contributed by atoms with E-state index in [2.05, 4.69) is 24.1 Å². The molecule has 3 fully saturated rings. The molecule has 2 nitrogen and oxygen atoms in total. The van der Waals surface area contributed by atoms with Gasteiger partial charge in [0.25, 0.3) is 0 Å². The Morgan fingerprint density at radius 1 is 1.19 bits per heavy atom. The van der Waals surface area contributed by atoms with E-state index in [0.29, 0.717) is 0 Å². The topological polar surface area (TPSA) is 15.3 Å². The SMILES string of the molecule is CC(C)CN(CC1CC2CCC1N2)C1CC1. The van der Waals surface area contributed by atoms with Crippen LogP contribution in [0.25, 0.3) is 0 Å². The average molecular weight is 222 g/mol. The minimum Gasteiger partial charge on any atom is -0.311 e. The molecule has 3 aliphatic rings. The predicted molar refractivity (Wildman–Crippen MR) is 67.5 cm³/mol. The summed E-state index contributed by atoms with van der Waals surface area (Å²) in [6, 6.07) is 2.68. The molecule has 0 spiro atoms. The van der Waals surface area contributed by atoms with Gasteiger partial charge in [-0.05, 0) is 43.9 Å². The fraction of sp³-hybridized carbons (Fsp3) is 1.00. The Hall–Kier alpha value is -0.0800. The lowest BCUT2D eigenvalue weighted by Crippen LogP contribution is -2.38. The molecule has 0 radical (unpaired) electrons. The summed E-state index contributed by atoms with van der Waals surface area (Å²) in [5.74, 6) is 1.78. The van der Waals surface area contributed by atoms with Gasteiger partial charge in [0, 0.05) is 31.2 Å². The molecule has 1 N–H and O–H groups in total. The van der Waals surface area contributed by atoms with Crippen LogP contribution in [0, 0.1) is 11.8 Å².